The number of hydrogen-bond acceptors (Lipinski definition) is 2. The molecule has 1 aromatic carbocycles. The summed E-state index contributed by atoms with van der Waals surface area (Å²) < 4.78 is 0. The van der Waals surface area contributed by atoms with Gasteiger partial charge in [-0.1, -0.05) is 42.5 Å². The van der Waals surface area contributed by atoms with Crippen LogP contribution in [0.15, 0.2) is 42.5 Å². The first-order valence-corrected chi connectivity index (χ1v) is 9.43. The van der Waals surface area contributed by atoms with Crippen LogP contribution < -0.4 is 9.80 Å². The SMILES string of the molecule is O=C1[C@H]2CC=CC[C@@H]2C(=O)N1C[NH+]1CC[NH+](Cc2ccccc2)CC1. The van der Waals surface area contributed by atoms with E-state index in [0.29, 0.717) is 6.67 Å². The molecule has 132 valence electrons. The first-order chi connectivity index (χ1) is 12.2. The average Bonchev–Trinajstić information content (AvgIpc) is 2.89. The molecule has 2 fully saturated rings. The molecule has 25 heavy (non-hydrogen) atoms. The standard InChI is InChI=1S/C20H25N3O2/c24-19-17-8-4-5-9-18(17)20(25)23(19)15-22-12-10-21(11-13-22)14-16-6-2-1-3-7-16/h1-7,17-18H,8-15H2/p+2/t17-,18-/m0/s1. The van der Waals surface area contributed by atoms with Crippen molar-refractivity contribution in [1.82, 2.24) is 4.90 Å². The molecule has 0 radical (unpaired) electrons. The van der Waals surface area contributed by atoms with E-state index < -0.39 is 0 Å². The Morgan fingerprint density at radius 2 is 1.40 bits per heavy atom. The van der Waals surface area contributed by atoms with Crippen LogP contribution in [-0.2, 0) is 16.1 Å². The number of nitrogens with one attached hydrogen (secondary N) is 2. The van der Waals surface area contributed by atoms with Gasteiger partial charge in [-0.05, 0) is 12.8 Å². The van der Waals surface area contributed by atoms with Crippen LogP contribution in [-0.4, -0.2) is 49.6 Å². The molecular weight excluding hydrogens is 314 g/mol. The van der Waals surface area contributed by atoms with Gasteiger partial charge in [0.1, 0.15) is 32.7 Å². The van der Waals surface area contributed by atoms with Gasteiger partial charge in [-0.15, -0.1) is 0 Å². The Bertz CT molecular complexity index is 639. The fourth-order valence-corrected chi connectivity index (χ4v) is 4.42. The van der Waals surface area contributed by atoms with E-state index in [0.717, 1.165) is 45.6 Å². The number of nitrogens with zero attached hydrogens (tertiary/aromatic N) is 1. The number of hydrogen-bond donors (Lipinski definition) is 2. The normalized spacial score (nSPS) is 32.1. The third kappa shape index (κ3) is 3.39. The van der Waals surface area contributed by atoms with Crippen LogP contribution in [0, 0.1) is 11.8 Å². The minimum Gasteiger partial charge on any atom is -0.322 e. The highest BCUT2D eigenvalue weighted by molar-refractivity contribution is 6.05. The number of carbonyl (C=O) groups excluding carboxylic acids is 2. The van der Waals surface area contributed by atoms with Crippen molar-refractivity contribution in [2.24, 2.45) is 11.8 Å². The fourth-order valence-electron chi connectivity index (χ4n) is 4.42. The van der Waals surface area contributed by atoms with Gasteiger partial charge in [-0.3, -0.25) is 9.59 Å². The topological polar surface area (TPSA) is 46.3 Å². The highest BCUT2D eigenvalue weighted by Crippen LogP contribution is 2.34. The van der Waals surface area contributed by atoms with Crippen molar-refractivity contribution in [2.75, 3.05) is 32.8 Å². The van der Waals surface area contributed by atoms with Gasteiger partial charge in [-0.25, -0.2) is 4.90 Å². The van der Waals surface area contributed by atoms with Crippen molar-refractivity contribution in [1.29, 1.82) is 0 Å². The van der Waals surface area contributed by atoms with Crippen LogP contribution in [0.25, 0.3) is 0 Å². The van der Waals surface area contributed by atoms with E-state index in [1.165, 1.54) is 10.5 Å². The quantitative estimate of drug-likeness (QED) is 0.538. The third-order valence-corrected chi connectivity index (χ3v) is 5.94. The van der Waals surface area contributed by atoms with Crippen LogP contribution in [0.5, 0.6) is 0 Å². The van der Waals surface area contributed by atoms with Crippen LogP contribution in [0.3, 0.4) is 0 Å². The van der Waals surface area contributed by atoms with E-state index in [9.17, 15) is 9.59 Å². The number of likely N-dealkylation sites (tertiary alicyclic amines) is 1. The average molecular weight is 341 g/mol. The van der Waals surface area contributed by atoms with E-state index in [-0.39, 0.29) is 23.7 Å². The molecule has 1 aromatic rings. The number of amides is 2. The number of carbonyl (C=O) groups is 2. The van der Waals surface area contributed by atoms with Crippen molar-refractivity contribution in [3.05, 3.63) is 48.0 Å². The monoisotopic (exact) mass is 341 g/mol. The van der Waals surface area contributed by atoms with Gasteiger partial charge in [0, 0.05) is 5.56 Å². The summed E-state index contributed by atoms with van der Waals surface area (Å²) in [5.74, 6) is -0.0689. The van der Waals surface area contributed by atoms with Crippen LogP contribution >= 0.6 is 0 Å². The molecule has 0 spiro atoms. The molecule has 0 bridgehead atoms. The lowest BCUT2D eigenvalue weighted by Gasteiger charge is -2.31. The van der Waals surface area contributed by atoms with Crippen LogP contribution in [0.4, 0.5) is 0 Å². The molecule has 3 aliphatic rings. The maximum absolute atomic E-state index is 12.6. The molecule has 5 heteroatoms. The lowest BCUT2D eigenvalue weighted by atomic mass is 9.85. The van der Waals surface area contributed by atoms with Gasteiger partial charge in [0.25, 0.3) is 0 Å². The van der Waals surface area contributed by atoms with E-state index in [2.05, 4.69) is 42.5 Å². The van der Waals surface area contributed by atoms with Crippen LogP contribution in [0.2, 0.25) is 0 Å². The lowest BCUT2D eigenvalue weighted by molar-refractivity contribution is -1.02. The van der Waals surface area contributed by atoms with Gasteiger partial charge in [-0.2, -0.15) is 0 Å². The fraction of sp³-hybridized carbons (Fsp3) is 0.500. The Morgan fingerprint density at radius 1 is 0.840 bits per heavy atom. The number of quaternary nitrogens is 2. The zero-order chi connectivity index (χ0) is 17.2. The summed E-state index contributed by atoms with van der Waals surface area (Å²) in [6, 6.07) is 10.6. The van der Waals surface area contributed by atoms with Crippen molar-refractivity contribution in [3.63, 3.8) is 0 Å². The molecule has 2 aliphatic heterocycles. The maximum Gasteiger partial charge on any atom is 0.237 e. The first kappa shape index (κ1) is 16.5. The van der Waals surface area contributed by atoms with Gasteiger partial charge in [0.2, 0.25) is 11.8 Å². The molecule has 1 aliphatic carbocycles. The second-order valence-corrected chi connectivity index (χ2v) is 7.58. The molecule has 2 saturated heterocycles. The van der Waals surface area contributed by atoms with Crippen molar-refractivity contribution in [2.45, 2.75) is 19.4 Å². The molecule has 5 nitrogen and oxygen atoms in total. The molecule has 2 atom stereocenters. The summed E-state index contributed by atoms with van der Waals surface area (Å²) >= 11 is 0. The van der Waals surface area contributed by atoms with Gasteiger partial charge < -0.3 is 9.80 Å². The van der Waals surface area contributed by atoms with Crippen LogP contribution in [0.1, 0.15) is 18.4 Å². The number of rotatable bonds is 4. The van der Waals surface area contributed by atoms with E-state index >= 15 is 0 Å². The molecule has 2 N–H and O–H groups in total. The molecule has 2 heterocycles. The molecule has 0 saturated carbocycles. The Hall–Kier alpha value is -1.98. The van der Waals surface area contributed by atoms with E-state index in [1.807, 2.05) is 0 Å². The van der Waals surface area contributed by atoms with Crippen molar-refractivity contribution >= 4 is 11.8 Å². The van der Waals surface area contributed by atoms with E-state index in [4.69, 9.17) is 0 Å². The zero-order valence-corrected chi connectivity index (χ0v) is 14.6. The third-order valence-electron chi connectivity index (χ3n) is 5.94. The first-order valence-electron chi connectivity index (χ1n) is 9.43. The predicted octanol–water partition coefficient (Wildman–Crippen LogP) is -1.12. The smallest absolute Gasteiger partial charge is 0.237 e. The number of benzene rings is 1. The Balaban J connectivity index is 1.30. The van der Waals surface area contributed by atoms with Gasteiger partial charge in [0.15, 0.2) is 6.67 Å². The maximum atomic E-state index is 12.6. The van der Waals surface area contributed by atoms with Crippen molar-refractivity contribution in [3.8, 4) is 0 Å². The minimum atomic E-state index is -0.0955. The predicted molar refractivity (Wildman–Crippen MR) is 93.6 cm³/mol. The number of fused-ring (bicyclic) bond motifs is 1. The summed E-state index contributed by atoms with van der Waals surface area (Å²) in [6.07, 6.45) is 5.56. The second kappa shape index (κ2) is 7.10. The number of piperazine rings is 1. The minimum absolute atomic E-state index is 0.0610. The highest BCUT2D eigenvalue weighted by atomic mass is 16.2. The van der Waals surface area contributed by atoms with Gasteiger partial charge >= 0.3 is 0 Å². The Morgan fingerprint density at radius 3 is 2.00 bits per heavy atom. The summed E-state index contributed by atoms with van der Waals surface area (Å²) in [4.78, 5) is 29.7. The number of imide groups is 1. The lowest BCUT2D eigenvalue weighted by Crippen LogP contribution is -3.28. The molecular formula is C20H27N3O2+2. The molecule has 4 rings (SSSR count). The Kier molecular flexibility index (Phi) is 4.68. The molecule has 0 unspecified atom stereocenters. The largest absolute Gasteiger partial charge is 0.322 e. The molecule has 2 amide bonds. The highest BCUT2D eigenvalue weighted by Gasteiger charge is 2.48. The summed E-state index contributed by atoms with van der Waals surface area (Å²) in [5, 5.41) is 0. The van der Waals surface area contributed by atoms with Crippen molar-refractivity contribution < 1.29 is 19.4 Å². The molecule has 0 aromatic heterocycles. The Labute approximate surface area is 148 Å². The summed E-state index contributed by atoms with van der Waals surface area (Å²) in [6.45, 7) is 5.85. The van der Waals surface area contributed by atoms with E-state index in [1.54, 1.807) is 9.80 Å². The zero-order valence-electron chi connectivity index (χ0n) is 14.6. The number of allylic oxidation sites excluding steroid dienone is 2. The second-order valence-electron chi connectivity index (χ2n) is 7.58. The van der Waals surface area contributed by atoms with Gasteiger partial charge in [0.05, 0.1) is 11.8 Å². The summed E-state index contributed by atoms with van der Waals surface area (Å²) in [7, 11) is 0. The summed E-state index contributed by atoms with van der Waals surface area (Å²) in [5.41, 5.74) is 1.38.